The zero-order valence-corrected chi connectivity index (χ0v) is 17.4. The van der Waals surface area contributed by atoms with E-state index in [-0.39, 0.29) is 35.7 Å². The fourth-order valence-electron chi connectivity index (χ4n) is 3.23. The molecule has 0 atom stereocenters. The lowest BCUT2D eigenvalue weighted by molar-refractivity contribution is -0.134. The third-order valence-electron chi connectivity index (χ3n) is 4.82. The van der Waals surface area contributed by atoms with Gasteiger partial charge in [-0.25, -0.2) is 9.59 Å². The number of ether oxygens (including phenoxy) is 3. The second-order valence-corrected chi connectivity index (χ2v) is 7.04. The summed E-state index contributed by atoms with van der Waals surface area (Å²) in [6.07, 6.45) is 0. The second kappa shape index (κ2) is 9.78. The first-order valence-electron chi connectivity index (χ1n) is 10.1. The van der Waals surface area contributed by atoms with Crippen molar-refractivity contribution in [2.24, 2.45) is 0 Å². The Balaban J connectivity index is 1.25. The largest absolute Gasteiger partial charge is 0.490 e. The number of nitrogens with zero attached hydrogens (tertiary/aromatic N) is 1. The van der Waals surface area contributed by atoms with Crippen molar-refractivity contribution in [2.45, 2.75) is 0 Å². The molecule has 3 aromatic carbocycles. The van der Waals surface area contributed by atoms with E-state index in [2.05, 4.69) is 0 Å². The maximum atomic E-state index is 12.3. The number of hydrogen-bond donors (Lipinski definition) is 0. The van der Waals surface area contributed by atoms with Crippen molar-refractivity contribution in [3.8, 4) is 11.5 Å². The van der Waals surface area contributed by atoms with Crippen LogP contribution in [0.25, 0.3) is 0 Å². The lowest BCUT2D eigenvalue weighted by atomic mass is 10.1. The molecule has 1 aliphatic rings. The van der Waals surface area contributed by atoms with E-state index in [1.54, 1.807) is 24.3 Å². The maximum Gasteiger partial charge on any atom is 0.338 e. The van der Waals surface area contributed by atoms with Gasteiger partial charge in [-0.05, 0) is 48.5 Å². The molecule has 1 aliphatic heterocycles. The highest BCUT2D eigenvalue weighted by Crippen LogP contribution is 2.22. The van der Waals surface area contributed by atoms with E-state index in [1.165, 1.54) is 36.4 Å². The first kappa shape index (κ1) is 21.8. The van der Waals surface area contributed by atoms with Crippen LogP contribution in [0.3, 0.4) is 0 Å². The minimum absolute atomic E-state index is 0.0742. The summed E-state index contributed by atoms with van der Waals surface area (Å²) in [7, 11) is 0. The zero-order valence-electron chi connectivity index (χ0n) is 17.4. The molecule has 4 rings (SSSR count). The molecule has 8 heteroatoms. The summed E-state index contributed by atoms with van der Waals surface area (Å²) < 4.78 is 15.8. The predicted octanol–water partition coefficient (Wildman–Crippen LogP) is 3.12. The fraction of sp³-hybridized carbons (Fsp3) is 0.120. The lowest BCUT2D eigenvalue weighted by Gasteiger charge is -2.13. The number of para-hydroxylation sites is 1. The van der Waals surface area contributed by atoms with E-state index in [0.29, 0.717) is 5.75 Å². The number of carbonyl (C=O) groups is 4. The Morgan fingerprint density at radius 2 is 1.30 bits per heavy atom. The van der Waals surface area contributed by atoms with Gasteiger partial charge in [-0.1, -0.05) is 30.3 Å². The Kier molecular flexibility index (Phi) is 6.45. The predicted molar refractivity (Wildman–Crippen MR) is 116 cm³/mol. The molecule has 0 bridgehead atoms. The Hall–Kier alpha value is -4.46. The molecular formula is C25H19NO7. The van der Waals surface area contributed by atoms with Crippen LogP contribution in [0.1, 0.15) is 31.1 Å². The van der Waals surface area contributed by atoms with Crippen LogP contribution in [0.2, 0.25) is 0 Å². The van der Waals surface area contributed by atoms with Gasteiger partial charge in [-0.2, -0.15) is 0 Å². The van der Waals surface area contributed by atoms with Crippen molar-refractivity contribution in [3.05, 3.63) is 95.6 Å². The number of amides is 2. The Morgan fingerprint density at radius 3 is 1.94 bits per heavy atom. The topological polar surface area (TPSA) is 99.2 Å². The van der Waals surface area contributed by atoms with Crippen molar-refractivity contribution >= 4 is 23.8 Å². The molecule has 2 amide bonds. The number of carbonyl (C=O) groups excluding carboxylic acids is 4. The van der Waals surface area contributed by atoms with Crippen molar-refractivity contribution in [1.29, 1.82) is 0 Å². The summed E-state index contributed by atoms with van der Waals surface area (Å²) in [5.41, 5.74) is 0.787. The average Bonchev–Trinajstić information content (AvgIpc) is 3.08. The van der Waals surface area contributed by atoms with Crippen LogP contribution in [-0.4, -0.2) is 48.4 Å². The van der Waals surface area contributed by atoms with Gasteiger partial charge in [0.05, 0.1) is 16.7 Å². The third-order valence-corrected chi connectivity index (χ3v) is 4.82. The molecule has 0 N–H and O–H groups in total. The van der Waals surface area contributed by atoms with Gasteiger partial charge >= 0.3 is 11.9 Å². The van der Waals surface area contributed by atoms with E-state index < -0.39 is 30.3 Å². The molecule has 0 spiro atoms. The molecule has 0 aromatic heterocycles. The van der Waals surface area contributed by atoms with Crippen LogP contribution in [0.5, 0.6) is 11.5 Å². The van der Waals surface area contributed by atoms with Crippen molar-refractivity contribution < 1.29 is 33.4 Å². The minimum atomic E-state index is -0.780. The van der Waals surface area contributed by atoms with Crippen LogP contribution >= 0.6 is 0 Å². The molecule has 1 heterocycles. The Bertz CT molecular complexity index is 1150. The highest BCUT2D eigenvalue weighted by atomic mass is 16.6. The summed E-state index contributed by atoms with van der Waals surface area (Å²) in [6, 6.07) is 21.3. The van der Waals surface area contributed by atoms with Gasteiger partial charge in [0.25, 0.3) is 11.8 Å². The second-order valence-electron chi connectivity index (χ2n) is 7.04. The van der Waals surface area contributed by atoms with Crippen molar-refractivity contribution in [3.63, 3.8) is 0 Å². The molecule has 0 aliphatic carbocycles. The smallest absolute Gasteiger partial charge is 0.338 e. The van der Waals surface area contributed by atoms with Crippen molar-refractivity contribution in [2.75, 3.05) is 19.8 Å². The molecule has 33 heavy (non-hydrogen) atoms. The van der Waals surface area contributed by atoms with Gasteiger partial charge in [0.2, 0.25) is 0 Å². The van der Waals surface area contributed by atoms with Crippen LogP contribution in [-0.2, 0) is 9.53 Å². The van der Waals surface area contributed by atoms with Crippen LogP contribution in [0.4, 0.5) is 0 Å². The molecule has 8 nitrogen and oxygen atoms in total. The third kappa shape index (κ3) is 5.07. The molecule has 0 saturated carbocycles. The monoisotopic (exact) mass is 445 g/mol. The Morgan fingerprint density at radius 1 is 0.697 bits per heavy atom. The molecule has 0 radical (unpaired) electrons. The highest BCUT2D eigenvalue weighted by molar-refractivity contribution is 6.22. The molecule has 0 saturated heterocycles. The van der Waals surface area contributed by atoms with Crippen LogP contribution in [0.15, 0.2) is 78.9 Å². The maximum absolute atomic E-state index is 12.3. The zero-order chi connectivity index (χ0) is 23.2. The quantitative estimate of drug-likeness (QED) is 0.227. The summed E-state index contributed by atoms with van der Waals surface area (Å²) in [6.45, 7) is -0.231. The first-order valence-corrected chi connectivity index (χ1v) is 10.1. The van der Waals surface area contributed by atoms with Gasteiger partial charge in [-0.3, -0.25) is 14.5 Å². The number of hydrogen-bond acceptors (Lipinski definition) is 7. The fourth-order valence-corrected chi connectivity index (χ4v) is 3.23. The van der Waals surface area contributed by atoms with Gasteiger partial charge in [0.1, 0.15) is 31.3 Å². The Labute approximate surface area is 189 Å². The molecule has 3 aromatic rings. The standard InChI is InChI=1S/C25H19NO7/c27-22(16-26-23(28)20-8-4-5-9-21(20)24(26)29)33-19-12-10-17(11-13-19)25(30)32-15-14-31-18-6-2-1-3-7-18/h1-13H,14-16H2. The van der Waals surface area contributed by atoms with Crippen LogP contribution < -0.4 is 9.47 Å². The lowest BCUT2D eigenvalue weighted by Crippen LogP contribution is -2.36. The summed E-state index contributed by atoms with van der Waals surface area (Å²) in [4.78, 5) is 49.9. The van der Waals surface area contributed by atoms with Crippen LogP contribution in [0, 0.1) is 0 Å². The van der Waals surface area contributed by atoms with E-state index >= 15 is 0 Å². The molecule has 0 fully saturated rings. The van der Waals surface area contributed by atoms with Gasteiger partial charge in [-0.15, -0.1) is 0 Å². The number of imide groups is 1. The van der Waals surface area contributed by atoms with E-state index in [4.69, 9.17) is 14.2 Å². The van der Waals surface area contributed by atoms with E-state index in [1.807, 2.05) is 18.2 Å². The number of esters is 2. The van der Waals surface area contributed by atoms with Crippen molar-refractivity contribution in [1.82, 2.24) is 4.90 Å². The average molecular weight is 445 g/mol. The number of benzene rings is 3. The molecule has 0 unspecified atom stereocenters. The molecule has 166 valence electrons. The summed E-state index contributed by atoms with van der Waals surface area (Å²) in [5.74, 6) is -1.56. The SMILES string of the molecule is O=C(CN1C(=O)c2ccccc2C1=O)Oc1ccc(C(=O)OCCOc2ccccc2)cc1. The van der Waals surface area contributed by atoms with E-state index in [9.17, 15) is 19.2 Å². The molecular weight excluding hydrogens is 426 g/mol. The minimum Gasteiger partial charge on any atom is -0.490 e. The van der Waals surface area contributed by atoms with Gasteiger partial charge < -0.3 is 14.2 Å². The normalized spacial score (nSPS) is 12.3. The highest BCUT2D eigenvalue weighted by Gasteiger charge is 2.36. The summed E-state index contributed by atoms with van der Waals surface area (Å²) >= 11 is 0. The van der Waals surface area contributed by atoms with Gasteiger partial charge in [0.15, 0.2) is 0 Å². The first-order chi connectivity index (χ1) is 16.0. The van der Waals surface area contributed by atoms with E-state index in [0.717, 1.165) is 4.90 Å². The number of rotatable bonds is 8. The van der Waals surface area contributed by atoms with Gasteiger partial charge in [0, 0.05) is 0 Å². The summed E-state index contributed by atoms with van der Waals surface area (Å²) in [5, 5.41) is 0. The number of fused-ring (bicyclic) bond motifs is 1.